The number of nitrogens with zero attached hydrogens (tertiary/aromatic N) is 3. The number of hydrogen-bond donors (Lipinski definition) is 0. The van der Waals surface area contributed by atoms with E-state index in [1.165, 1.54) is 23.4 Å². The minimum absolute atomic E-state index is 0. The number of halogens is 2. The van der Waals surface area contributed by atoms with Gasteiger partial charge in [0.25, 0.3) is 0 Å². The Labute approximate surface area is 176 Å². The molecule has 1 aromatic carbocycles. The van der Waals surface area contributed by atoms with E-state index >= 15 is 0 Å². The molecule has 0 saturated carbocycles. The van der Waals surface area contributed by atoms with Crippen LogP contribution in [0.5, 0.6) is 0 Å². The quantitative estimate of drug-likeness (QED) is 0.705. The maximum absolute atomic E-state index is 4.93. The van der Waals surface area contributed by atoms with Crippen molar-refractivity contribution in [3.8, 4) is 0 Å². The highest BCUT2D eigenvalue weighted by Crippen LogP contribution is 2.45. The Bertz CT molecular complexity index is 765. The molecule has 2 aromatic rings. The van der Waals surface area contributed by atoms with Gasteiger partial charge in [0, 0.05) is 37.3 Å². The third-order valence-electron chi connectivity index (χ3n) is 6.07. The first-order valence-corrected chi connectivity index (χ1v) is 9.52. The van der Waals surface area contributed by atoms with Gasteiger partial charge < -0.3 is 4.90 Å². The van der Waals surface area contributed by atoms with Crippen LogP contribution in [-0.2, 0) is 0 Å². The van der Waals surface area contributed by atoms with E-state index in [0.717, 1.165) is 24.8 Å². The van der Waals surface area contributed by atoms with Crippen molar-refractivity contribution in [2.75, 3.05) is 31.6 Å². The highest BCUT2D eigenvalue weighted by Gasteiger charge is 2.46. The van der Waals surface area contributed by atoms with Crippen LogP contribution >= 0.6 is 24.8 Å². The van der Waals surface area contributed by atoms with E-state index in [2.05, 4.69) is 80.1 Å². The summed E-state index contributed by atoms with van der Waals surface area (Å²) in [6.07, 6.45) is 0. The van der Waals surface area contributed by atoms with E-state index < -0.39 is 0 Å². The minimum atomic E-state index is 0. The molecule has 27 heavy (non-hydrogen) atoms. The fourth-order valence-corrected chi connectivity index (χ4v) is 4.77. The van der Waals surface area contributed by atoms with Gasteiger partial charge in [0.2, 0.25) is 0 Å². The molecule has 0 amide bonds. The first kappa shape index (κ1) is 22.0. The summed E-state index contributed by atoms with van der Waals surface area (Å²) in [5.41, 5.74) is 4.11. The van der Waals surface area contributed by atoms with Crippen molar-refractivity contribution in [2.45, 2.75) is 32.7 Å². The van der Waals surface area contributed by atoms with Crippen LogP contribution in [0.4, 0.5) is 5.82 Å². The molecule has 0 spiro atoms. The first-order chi connectivity index (χ1) is 12.0. The number of hydrogen-bond acceptors (Lipinski definition) is 3. The van der Waals surface area contributed by atoms with Crippen LogP contribution in [0.25, 0.3) is 0 Å². The van der Waals surface area contributed by atoms with E-state index in [1.54, 1.807) is 0 Å². The number of fused-ring (bicyclic) bond motifs is 1. The van der Waals surface area contributed by atoms with E-state index in [0.29, 0.717) is 17.9 Å². The minimum Gasteiger partial charge on any atom is -0.356 e. The van der Waals surface area contributed by atoms with Crippen LogP contribution < -0.4 is 4.90 Å². The van der Waals surface area contributed by atoms with Crippen molar-refractivity contribution in [2.24, 2.45) is 11.8 Å². The summed E-state index contributed by atoms with van der Waals surface area (Å²) in [7, 11) is 2.29. The van der Waals surface area contributed by atoms with Gasteiger partial charge in [0.15, 0.2) is 0 Å². The van der Waals surface area contributed by atoms with Gasteiger partial charge in [-0.2, -0.15) is 0 Å². The Morgan fingerprint density at radius 2 is 1.70 bits per heavy atom. The van der Waals surface area contributed by atoms with Gasteiger partial charge >= 0.3 is 0 Å². The number of rotatable bonds is 3. The first-order valence-electron chi connectivity index (χ1n) is 9.52. The summed E-state index contributed by atoms with van der Waals surface area (Å²) in [4.78, 5) is 10.0. The molecule has 3 atom stereocenters. The number of aromatic nitrogens is 1. The normalized spacial score (nSPS) is 24.5. The maximum atomic E-state index is 4.93. The topological polar surface area (TPSA) is 19.4 Å². The molecular weight excluding hydrogens is 377 g/mol. The average Bonchev–Trinajstić information content (AvgIpc) is 3.12. The summed E-state index contributed by atoms with van der Waals surface area (Å²) in [6.45, 7) is 10.1. The second kappa shape index (κ2) is 8.81. The van der Waals surface area contributed by atoms with Crippen LogP contribution in [0.1, 0.15) is 42.6 Å². The summed E-state index contributed by atoms with van der Waals surface area (Å²) in [5.74, 6) is 3.06. The van der Waals surface area contributed by atoms with Crippen molar-refractivity contribution in [3.63, 3.8) is 0 Å². The van der Waals surface area contributed by atoms with Crippen molar-refractivity contribution < 1.29 is 0 Å². The summed E-state index contributed by atoms with van der Waals surface area (Å²) in [6, 6.07) is 15.9. The maximum Gasteiger partial charge on any atom is 0.128 e. The smallest absolute Gasteiger partial charge is 0.128 e. The number of benzene rings is 1. The van der Waals surface area contributed by atoms with Crippen molar-refractivity contribution >= 4 is 30.6 Å². The molecule has 1 aromatic heterocycles. The summed E-state index contributed by atoms with van der Waals surface area (Å²) >= 11 is 0. The van der Waals surface area contributed by atoms with Gasteiger partial charge in [-0.15, -0.1) is 24.8 Å². The molecule has 2 fully saturated rings. The summed E-state index contributed by atoms with van der Waals surface area (Å²) in [5, 5.41) is 0. The predicted molar refractivity (Wildman–Crippen MR) is 119 cm³/mol. The molecule has 148 valence electrons. The lowest BCUT2D eigenvalue weighted by Gasteiger charge is -2.28. The Kier molecular flexibility index (Phi) is 7.18. The number of likely N-dealkylation sites (tertiary alicyclic amines) is 1. The third-order valence-corrected chi connectivity index (χ3v) is 6.07. The van der Waals surface area contributed by atoms with Gasteiger partial charge in [0.05, 0.1) is 0 Å². The van der Waals surface area contributed by atoms with Crippen LogP contribution in [0.2, 0.25) is 0 Å². The van der Waals surface area contributed by atoms with Gasteiger partial charge in [-0.05, 0) is 49.1 Å². The average molecular weight is 408 g/mol. The molecule has 0 N–H and O–H groups in total. The molecule has 2 saturated heterocycles. The lowest BCUT2D eigenvalue weighted by Crippen LogP contribution is -2.29. The molecule has 5 heteroatoms. The molecule has 0 aliphatic carbocycles. The zero-order valence-corrected chi connectivity index (χ0v) is 18.3. The largest absolute Gasteiger partial charge is 0.356 e. The molecule has 0 radical (unpaired) electrons. The highest BCUT2D eigenvalue weighted by atomic mass is 35.5. The van der Waals surface area contributed by atoms with Crippen molar-refractivity contribution in [3.05, 3.63) is 59.3 Å². The molecule has 0 unspecified atom stereocenters. The van der Waals surface area contributed by atoms with Gasteiger partial charge in [0.1, 0.15) is 5.82 Å². The zero-order valence-electron chi connectivity index (χ0n) is 16.6. The summed E-state index contributed by atoms with van der Waals surface area (Å²) < 4.78 is 0. The van der Waals surface area contributed by atoms with E-state index in [-0.39, 0.29) is 24.8 Å². The number of anilines is 1. The molecule has 3 nitrogen and oxygen atoms in total. The fraction of sp³-hybridized carbons (Fsp3) is 0.500. The fourth-order valence-electron chi connectivity index (χ4n) is 4.77. The Hall–Kier alpha value is -1.29. The highest BCUT2D eigenvalue weighted by molar-refractivity contribution is 5.85. The molecule has 4 rings (SSSR count). The third kappa shape index (κ3) is 4.11. The van der Waals surface area contributed by atoms with E-state index in [1.807, 2.05) is 0 Å². The monoisotopic (exact) mass is 407 g/mol. The Morgan fingerprint density at radius 3 is 2.41 bits per heavy atom. The second-order valence-corrected chi connectivity index (χ2v) is 8.15. The number of pyridine rings is 1. The van der Waals surface area contributed by atoms with Crippen molar-refractivity contribution in [1.29, 1.82) is 0 Å². The van der Waals surface area contributed by atoms with Crippen LogP contribution in [0.15, 0.2) is 42.5 Å². The van der Waals surface area contributed by atoms with Crippen molar-refractivity contribution in [1.82, 2.24) is 9.88 Å². The molecule has 0 bridgehead atoms. The molecule has 2 aliphatic rings. The zero-order chi connectivity index (χ0) is 17.6. The lowest BCUT2D eigenvalue weighted by atomic mass is 9.88. The molecule has 2 aliphatic heterocycles. The van der Waals surface area contributed by atoms with Crippen LogP contribution in [0.3, 0.4) is 0 Å². The Morgan fingerprint density at radius 1 is 0.963 bits per heavy atom. The standard InChI is InChI=1S/C22H29N3.2ClH/c1-15(2)20-10-7-11-21(23-20)25-13-17-12-24(4)22(19(17)14-25)18-9-6-5-8-16(18)3;;/h5-11,15,17,19,22H,12-14H2,1-4H3;2*1H/t17-,19+,22-;;/m0../s1. The number of aryl methyl sites for hydroxylation is 1. The van der Waals surface area contributed by atoms with Crippen LogP contribution in [0, 0.1) is 18.8 Å². The predicted octanol–water partition coefficient (Wildman–Crippen LogP) is 5.10. The van der Waals surface area contributed by atoms with Crippen LogP contribution in [-0.4, -0.2) is 36.6 Å². The van der Waals surface area contributed by atoms with E-state index in [4.69, 9.17) is 4.98 Å². The Balaban J connectivity index is 0.00000131. The van der Waals surface area contributed by atoms with Gasteiger partial charge in [-0.1, -0.05) is 44.2 Å². The SMILES string of the molecule is Cc1ccccc1[C@H]1[C@@H]2CN(c3cccc(C(C)C)n3)C[C@@H]2CN1C.Cl.Cl. The molecular formula is C22H31Cl2N3. The second-order valence-electron chi connectivity index (χ2n) is 8.15. The van der Waals surface area contributed by atoms with Gasteiger partial charge in [-0.3, -0.25) is 4.90 Å². The van der Waals surface area contributed by atoms with E-state index in [9.17, 15) is 0 Å². The lowest BCUT2D eigenvalue weighted by molar-refractivity contribution is 0.279. The molecule has 3 heterocycles. The van der Waals surface area contributed by atoms with Gasteiger partial charge in [-0.25, -0.2) is 4.98 Å².